The van der Waals surface area contributed by atoms with Gasteiger partial charge in [-0.1, -0.05) is 6.07 Å². The number of hydrogen-bond donors (Lipinski definition) is 1. The summed E-state index contributed by atoms with van der Waals surface area (Å²) in [6.45, 7) is 0. The molecule has 1 N–H and O–H groups in total. The molecule has 2 rings (SSSR count). The van der Waals surface area contributed by atoms with Gasteiger partial charge in [-0.2, -0.15) is 0 Å². The highest BCUT2D eigenvalue weighted by Gasteiger charge is 2.14. The van der Waals surface area contributed by atoms with Gasteiger partial charge in [-0.25, -0.2) is 4.39 Å². The average Bonchev–Trinajstić information content (AvgIpc) is 2.03. The number of benzene rings is 1. The van der Waals surface area contributed by atoms with Crippen molar-refractivity contribution in [1.82, 2.24) is 0 Å². The number of anilines is 1. The number of rotatable bonds is 0. The van der Waals surface area contributed by atoms with E-state index in [1.54, 1.807) is 6.07 Å². The molecule has 1 aromatic carbocycles. The fraction of sp³-hybridized carbons (Fsp3) is 0.222. The van der Waals surface area contributed by atoms with E-state index >= 15 is 0 Å². The Hall–Kier alpha value is -1.09. The van der Waals surface area contributed by atoms with E-state index in [-0.39, 0.29) is 24.1 Å². The Morgan fingerprint density at radius 1 is 1.31 bits per heavy atom. The first-order chi connectivity index (χ1) is 5.75. The van der Waals surface area contributed by atoms with Gasteiger partial charge in [0.25, 0.3) is 0 Å². The van der Waals surface area contributed by atoms with Crippen LogP contribution in [0, 0.1) is 5.82 Å². The lowest BCUT2D eigenvalue weighted by atomic mass is 10.0. The van der Waals surface area contributed by atoms with Gasteiger partial charge in [0.2, 0.25) is 5.91 Å². The summed E-state index contributed by atoms with van der Waals surface area (Å²) in [6, 6.07) is 4.48. The molecule has 0 aromatic heterocycles. The number of carbonyl (C=O) groups excluding carboxylic acids is 1. The standard InChI is InChI=1S/C9H8FNO.ClH/c10-7-3-1-6-2-4-9(12)11-8(6)5-7;/h1,3,5H,2,4H2,(H,11,12);1H. The maximum atomic E-state index is 12.7. The Morgan fingerprint density at radius 3 is 2.85 bits per heavy atom. The quantitative estimate of drug-likeness (QED) is 0.685. The van der Waals surface area contributed by atoms with Crippen LogP contribution < -0.4 is 5.32 Å². The van der Waals surface area contributed by atoms with Crippen molar-refractivity contribution in [2.24, 2.45) is 0 Å². The Morgan fingerprint density at radius 2 is 2.08 bits per heavy atom. The first-order valence-electron chi connectivity index (χ1n) is 3.84. The lowest BCUT2D eigenvalue weighted by Crippen LogP contribution is -2.18. The van der Waals surface area contributed by atoms with E-state index in [4.69, 9.17) is 0 Å². The summed E-state index contributed by atoms with van der Waals surface area (Å²) < 4.78 is 12.7. The van der Waals surface area contributed by atoms with Gasteiger partial charge in [0.15, 0.2) is 0 Å². The summed E-state index contributed by atoms with van der Waals surface area (Å²) in [5.74, 6) is -0.343. The third-order valence-corrected chi connectivity index (χ3v) is 1.97. The largest absolute Gasteiger partial charge is 0.326 e. The fourth-order valence-corrected chi connectivity index (χ4v) is 1.34. The van der Waals surface area contributed by atoms with E-state index in [0.29, 0.717) is 18.5 Å². The van der Waals surface area contributed by atoms with Crippen LogP contribution in [0.15, 0.2) is 18.2 Å². The summed E-state index contributed by atoms with van der Waals surface area (Å²) in [7, 11) is 0. The minimum Gasteiger partial charge on any atom is -0.326 e. The van der Waals surface area contributed by atoms with Crippen LogP contribution in [0.1, 0.15) is 12.0 Å². The van der Waals surface area contributed by atoms with Gasteiger partial charge in [0.1, 0.15) is 5.82 Å². The highest BCUT2D eigenvalue weighted by atomic mass is 35.5. The minimum atomic E-state index is -0.309. The lowest BCUT2D eigenvalue weighted by molar-refractivity contribution is -0.116. The Balaban J connectivity index is 0.000000845. The predicted molar refractivity (Wildman–Crippen MR) is 50.6 cm³/mol. The summed E-state index contributed by atoms with van der Waals surface area (Å²) in [6.07, 6.45) is 1.21. The molecule has 1 aromatic rings. The minimum absolute atomic E-state index is 0. The molecule has 0 saturated heterocycles. The van der Waals surface area contributed by atoms with Crippen LogP contribution in [0.25, 0.3) is 0 Å². The molecule has 4 heteroatoms. The Bertz CT molecular complexity index is 340. The third-order valence-electron chi connectivity index (χ3n) is 1.97. The van der Waals surface area contributed by atoms with Crippen LogP contribution in [0.4, 0.5) is 10.1 Å². The smallest absolute Gasteiger partial charge is 0.224 e. The van der Waals surface area contributed by atoms with Gasteiger partial charge in [0.05, 0.1) is 0 Å². The van der Waals surface area contributed by atoms with Crippen molar-refractivity contribution in [1.29, 1.82) is 0 Å². The van der Waals surface area contributed by atoms with E-state index in [1.165, 1.54) is 12.1 Å². The molecule has 0 saturated carbocycles. The molecule has 1 aliphatic heterocycles. The van der Waals surface area contributed by atoms with E-state index in [1.807, 2.05) is 0 Å². The number of halogens is 2. The summed E-state index contributed by atoms with van der Waals surface area (Å²) in [5.41, 5.74) is 1.63. The molecule has 70 valence electrons. The van der Waals surface area contributed by atoms with Crippen LogP contribution in [-0.4, -0.2) is 5.91 Å². The van der Waals surface area contributed by atoms with Crippen LogP contribution >= 0.6 is 12.4 Å². The fourth-order valence-electron chi connectivity index (χ4n) is 1.34. The first kappa shape index (κ1) is 9.99. The third kappa shape index (κ3) is 1.98. The molecule has 0 fully saturated rings. The maximum absolute atomic E-state index is 12.7. The lowest BCUT2D eigenvalue weighted by Gasteiger charge is -2.15. The van der Waals surface area contributed by atoms with E-state index in [2.05, 4.69) is 5.32 Å². The Labute approximate surface area is 81.6 Å². The van der Waals surface area contributed by atoms with Crippen LogP contribution in [-0.2, 0) is 11.2 Å². The van der Waals surface area contributed by atoms with Gasteiger partial charge in [0, 0.05) is 12.1 Å². The van der Waals surface area contributed by atoms with E-state index in [9.17, 15) is 9.18 Å². The highest BCUT2D eigenvalue weighted by Crippen LogP contribution is 2.22. The molecule has 0 aliphatic carbocycles. The first-order valence-corrected chi connectivity index (χ1v) is 3.84. The number of nitrogens with one attached hydrogen (secondary N) is 1. The van der Waals surface area contributed by atoms with Gasteiger partial charge >= 0.3 is 0 Å². The van der Waals surface area contributed by atoms with Crippen molar-refractivity contribution in [3.63, 3.8) is 0 Å². The second-order valence-electron chi connectivity index (χ2n) is 2.85. The monoisotopic (exact) mass is 201 g/mol. The van der Waals surface area contributed by atoms with Crippen molar-refractivity contribution < 1.29 is 9.18 Å². The molecule has 1 amide bonds. The van der Waals surface area contributed by atoms with Crippen LogP contribution in [0.3, 0.4) is 0 Å². The van der Waals surface area contributed by atoms with Gasteiger partial charge in [-0.3, -0.25) is 4.79 Å². The van der Waals surface area contributed by atoms with Gasteiger partial charge in [-0.05, 0) is 24.1 Å². The second-order valence-corrected chi connectivity index (χ2v) is 2.85. The highest BCUT2D eigenvalue weighted by molar-refractivity contribution is 5.93. The predicted octanol–water partition coefficient (Wildman–Crippen LogP) is 2.13. The van der Waals surface area contributed by atoms with Crippen molar-refractivity contribution in [3.05, 3.63) is 29.6 Å². The summed E-state index contributed by atoms with van der Waals surface area (Å²) >= 11 is 0. The number of amides is 1. The molecule has 1 heterocycles. The molecule has 0 bridgehead atoms. The molecular formula is C9H9ClFNO. The van der Waals surface area contributed by atoms with E-state index < -0.39 is 0 Å². The number of carbonyl (C=O) groups is 1. The molecule has 0 radical (unpaired) electrons. The van der Waals surface area contributed by atoms with E-state index in [0.717, 1.165) is 5.56 Å². The van der Waals surface area contributed by atoms with Crippen LogP contribution in [0.5, 0.6) is 0 Å². The molecule has 0 unspecified atom stereocenters. The average molecular weight is 202 g/mol. The molecule has 2 nitrogen and oxygen atoms in total. The SMILES string of the molecule is Cl.O=C1CCc2ccc(F)cc2N1. The summed E-state index contributed by atoms with van der Waals surface area (Å²) in [5, 5.41) is 2.62. The molecule has 13 heavy (non-hydrogen) atoms. The number of aryl methyl sites for hydroxylation is 1. The molecule has 1 aliphatic rings. The number of hydrogen-bond acceptors (Lipinski definition) is 1. The normalized spacial score (nSPS) is 14.1. The zero-order valence-electron chi connectivity index (χ0n) is 6.84. The number of fused-ring (bicyclic) bond motifs is 1. The van der Waals surface area contributed by atoms with Crippen molar-refractivity contribution in [2.45, 2.75) is 12.8 Å². The van der Waals surface area contributed by atoms with Crippen LogP contribution in [0.2, 0.25) is 0 Å². The Kier molecular flexibility index (Phi) is 2.88. The summed E-state index contributed by atoms with van der Waals surface area (Å²) in [4.78, 5) is 10.9. The molecule has 0 atom stereocenters. The van der Waals surface area contributed by atoms with Crippen molar-refractivity contribution >= 4 is 24.0 Å². The topological polar surface area (TPSA) is 29.1 Å². The zero-order valence-corrected chi connectivity index (χ0v) is 7.66. The second kappa shape index (κ2) is 3.75. The zero-order chi connectivity index (χ0) is 8.55. The van der Waals surface area contributed by atoms with Gasteiger partial charge < -0.3 is 5.32 Å². The maximum Gasteiger partial charge on any atom is 0.224 e. The van der Waals surface area contributed by atoms with Crippen molar-refractivity contribution in [3.8, 4) is 0 Å². The molecular weight excluding hydrogens is 193 g/mol. The van der Waals surface area contributed by atoms with Crippen molar-refractivity contribution in [2.75, 3.05) is 5.32 Å². The molecule has 0 spiro atoms. The van der Waals surface area contributed by atoms with Gasteiger partial charge in [-0.15, -0.1) is 12.4 Å².